The maximum absolute atomic E-state index is 8.32. The Hall–Kier alpha value is -2.07. The number of nitrogens with zero attached hydrogens (tertiary/aromatic N) is 1. The Balaban J connectivity index is 0.000000314. The number of benzene rings is 1. The Morgan fingerprint density at radius 1 is 1.30 bits per heavy atom. The van der Waals surface area contributed by atoms with Crippen LogP contribution in [0.15, 0.2) is 60.7 Å². The standard InChI is InChI=1S/C17H24.C9H13N/c1-5-17(3,4)16-10-8-14(9-11-16)15-7-6-13(2)12-15;1-3-4-5-6-7-9(2)8-10/h8-11,15H,2,5-7,12H2,1,3-4H3;3-4H,2,5-7H2,1H3/b;4-3-. The van der Waals surface area contributed by atoms with Crippen LogP contribution >= 0.6 is 0 Å². The van der Waals surface area contributed by atoms with E-state index in [0.717, 1.165) is 25.2 Å². The minimum atomic E-state index is 0.303. The molecule has 0 aromatic heterocycles. The Morgan fingerprint density at radius 2 is 1.96 bits per heavy atom. The maximum atomic E-state index is 8.32. The van der Waals surface area contributed by atoms with Crippen LogP contribution in [0.5, 0.6) is 0 Å². The van der Waals surface area contributed by atoms with Crippen molar-refractivity contribution in [3.05, 3.63) is 71.8 Å². The smallest absolute Gasteiger partial charge is 0.0940 e. The molecule has 1 atom stereocenters. The summed E-state index contributed by atoms with van der Waals surface area (Å²) in [5.74, 6) is 0.723. The Morgan fingerprint density at radius 3 is 2.44 bits per heavy atom. The van der Waals surface area contributed by atoms with E-state index in [1.807, 2.05) is 19.1 Å². The highest BCUT2D eigenvalue weighted by molar-refractivity contribution is 5.31. The molecule has 0 aliphatic heterocycles. The van der Waals surface area contributed by atoms with E-state index in [1.54, 1.807) is 0 Å². The van der Waals surface area contributed by atoms with Gasteiger partial charge >= 0.3 is 0 Å². The molecular formula is C26H37N. The fourth-order valence-corrected chi connectivity index (χ4v) is 3.28. The molecule has 1 nitrogen and oxygen atoms in total. The van der Waals surface area contributed by atoms with E-state index in [9.17, 15) is 0 Å². The number of allylic oxidation sites excluding steroid dienone is 4. The summed E-state index contributed by atoms with van der Waals surface area (Å²) in [7, 11) is 0. The molecule has 0 radical (unpaired) electrons. The van der Waals surface area contributed by atoms with Crippen LogP contribution in [-0.2, 0) is 5.41 Å². The molecule has 1 aliphatic rings. The number of hydrogen-bond donors (Lipinski definition) is 0. The van der Waals surface area contributed by atoms with Crippen molar-refractivity contribution in [2.45, 2.75) is 84.0 Å². The molecule has 0 amide bonds. The Bertz CT molecular complexity index is 667. The number of hydrogen-bond acceptors (Lipinski definition) is 1. The van der Waals surface area contributed by atoms with Crippen LogP contribution in [0.1, 0.15) is 89.7 Å². The van der Waals surface area contributed by atoms with Crippen molar-refractivity contribution >= 4 is 0 Å². The first kappa shape index (κ1) is 23.0. The monoisotopic (exact) mass is 363 g/mol. The van der Waals surface area contributed by atoms with Gasteiger partial charge in [0, 0.05) is 5.57 Å². The molecule has 0 spiro atoms. The van der Waals surface area contributed by atoms with E-state index in [0.29, 0.717) is 11.0 Å². The lowest BCUT2D eigenvalue weighted by atomic mass is 9.81. The lowest BCUT2D eigenvalue weighted by Gasteiger charge is -2.24. The molecule has 1 unspecified atom stereocenters. The molecule has 27 heavy (non-hydrogen) atoms. The van der Waals surface area contributed by atoms with Crippen molar-refractivity contribution in [3.8, 4) is 6.07 Å². The third-order valence-electron chi connectivity index (χ3n) is 5.67. The van der Waals surface area contributed by atoms with Crippen molar-refractivity contribution < 1.29 is 0 Å². The fourth-order valence-electron chi connectivity index (χ4n) is 3.28. The van der Waals surface area contributed by atoms with Crippen LogP contribution in [0.4, 0.5) is 0 Å². The SMILES string of the molecule is C=C(C#N)CCC/C=C\C.C=C1CCC(c2ccc(C(C)(C)CC)cc2)C1. The van der Waals surface area contributed by atoms with Crippen LogP contribution < -0.4 is 0 Å². The molecule has 0 bridgehead atoms. The Kier molecular flexibility index (Phi) is 9.87. The quantitative estimate of drug-likeness (QED) is 0.273. The molecule has 1 fully saturated rings. The zero-order valence-electron chi connectivity index (χ0n) is 17.9. The van der Waals surface area contributed by atoms with Gasteiger partial charge in [-0.15, -0.1) is 0 Å². The number of nitriles is 1. The summed E-state index contributed by atoms with van der Waals surface area (Å²) in [6, 6.07) is 11.3. The van der Waals surface area contributed by atoms with Crippen LogP contribution in [0.2, 0.25) is 0 Å². The van der Waals surface area contributed by atoms with Gasteiger partial charge in [-0.2, -0.15) is 5.26 Å². The first-order valence-electron chi connectivity index (χ1n) is 10.3. The molecule has 1 aromatic rings. The fraction of sp³-hybridized carbons (Fsp3) is 0.500. The van der Waals surface area contributed by atoms with Gasteiger partial charge in [-0.25, -0.2) is 0 Å². The van der Waals surface area contributed by atoms with E-state index >= 15 is 0 Å². The van der Waals surface area contributed by atoms with Crippen LogP contribution in [0, 0.1) is 11.3 Å². The normalized spacial score (nSPS) is 16.7. The largest absolute Gasteiger partial charge is 0.193 e. The van der Waals surface area contributed by atoms with Crippen LogP contribution in [0.3, 0.4) is 0 Å². The van der Waals surface area contributed by atoms with E-state index in [4.69, 9.17) is 5.26 Å². The third kappa shape index (κ3) is 8.00. The van der Waals surface area contributed by atoms with Gasteiger partial charge in [0.15, 0.2) is 0 Å². The molecule has 1 aromatic carbocycles. The van der Waals surface area contributed by atoms with Crippen molar-refractivity contribution in [2.75, 3.05) is 0 Å². The summed E-state index contributed by atoms with van der Waals surface area (Å²) in [6.07, 6.45) is 11.9. The molecule has 0 saturated heterocycles. The van der Waals surface area contributed by atoms with Gasteiger partial charge in [-0.3, -0.25) is 0 Å². The summed E-state index contributed by atoms with van der Waals surface area (Å²) in [5.41, 5.74) is 5.37. The molecule has 1 saturated carbocycles. The number of rotatable bonds is 7. The highest BCUT2D eigenvalue weighted by Crippen LogP contribution is 2.37. The average Bonchev–Trinajstić information content (AvgIpc) is 3.12. The predicted molar refractivity (Wildman–Crippen MR) is 119 cm³/mol. The van der Waals surface area contributed by atoms with Crippen molar-refractivity contribution in [1.29, 1.82) is 5.26 Å². The molecule has 1 aliphatic carbocycles. The predicted octanol–water partition coefficient (Wildman–Crippen LogP) is 8.01. The third-order valence-corrected chi connectivity index (χ3v) is 5.67. The van der Waals surface area contributed by atoms with Crippen LogP contribution in [0.25, 0.3) is 0 Å². The summed E-state index contributed by atoms with van der Waals surface area (Å²) >= 11 is 0. The van der Waals surface area contributed by atoms with Gasteiger partial charge < -0.3 is 0 Å². The summed E-state index contributed by atoms with van der Waals surface area (Å²) in [5, 5.41) is 8.32. The molecular weight excluding hydrogens is 326 g/mol. The van der Waals surface area contributed by atoms with Gasteiger partial charge in [-0.1, -0.05) is 75.9 Å². The highest BCUT2D eigenvalue weighted by atomic mass is 14.3. The van der Waals surface area contributed by atoms with Crippen molar-refractivity contribution in [3.63, 3.8) is 0 Å². The topological polar surface area (TPSA) is 23.8 Å². The molecule has 0 heterocycles. The summed E-state index contributed by atoms with van der Waals surface area (Å²) in [6.45, 7) is 16.6. The Labute approximate surface area is 167 Å². The molecule has 1 heteroatoms. The lowest BCUT2D eigenvalue weighted by molar-refractivity contribution is 0.506. The number of unbranched alkanes of at least 4 members (excludes halogenated alkanes) is 1. The minimum Gasteiger partial charge on any atom is -0.193 e. The van der Waals surface area contributed by atoms with Gasteiger partial charge in [0.25, 0.3) is 0 Å². The second-order valence-corrected chi connectivity index (χ2v) is 8.23. The highest BCUT2D eigenvalue weighted by Gasteiger charge is 2.21. The van der Waals surface area contributed by atoms with Gasteiger partial charge in [-0.05, 0) is 74.3 Å². The zero-order chi connectivity index (χ0) is 20.3. The second kappa shape index (κ2) is 11.6. The lowest BCUT2D eigenvalue weighted by Crippen LogP contribution is -2.15. The zero-order valence-corrected chi connectivity index (χ0v) is 17.9. The van der Waals surface area contributed by atoms with Crippen molar-refractivity contribution in [1.82, 2.24) is 0 Å². The molecule has 2 rings (SSSR count). The summed E-state index contributed by atoms with van der Waals surface area (Å²) in [4.78, 5) is 0. The first-order chi connectivity index (χ1) is 12.8. The van der Waals surface area contributed by atoms with Gasteiger partial charge in [0.1, 0.15) is 0 Å². The van der Waals surface area contributed by atoms with E-state index in [-0.39, 0.29) is 0 Å². The minimum absolute atomic E-state index is 0.303. The van der Waals surface area contributed by atoms with E-state index in [2.05, 4.69) is 64.3 Å². The second-order valence-electron chi connectivity index (χ2n) is 8.23. The van der Waals surface area contributed by atoms with Crippen LogP contribution in [-0.4, -0.2) is 0 Å². The van der Waals surface area contributed by atoms with E-state index in [1.165, 1.54) is 42.4 Å². The first-order valence-corrected chi connectivity index (χ1v) is 10.3. The maximum Gasteiger partial charge on any atom is 0.0940 e. The van der Waals surface area contributed by atoms with Gasteiger partial charge in [0.2, 0.25) is 0 Å². The van der Waals surface area contributed by atoms with E-state index < -0.39 is 0 Å². The van der Waals surface area contributed by atoms with Crippen molar-refractivity contribution in [2.24, 2.45) is 0 Å². The molecule has 0 N–H and O–H groups in total. The van der Waals surface area contributed by atoms with Gasteiger partial charge in [0.05, 0.1) is 6.07 Å². The molecule has 146 valence electrons. The average molecular weight is 364 g/mol. The summed E-state index contributed by atoms with van der Waals surface area (Å²) < 4.78 is 0.